The molecular formula is C11H12ClN7. The van der Waals surface area contributed by atoms with Crippen LogP contribution in [0, 0.1) is 6.92 Å². The highest BCUT2D eigenvalue weighted by Crippen LogP contribution is 2.21. The molecule has 0 aliphatic rings. The van der Waals surface area contributed by atoms with Gasteiger partial charge in [-0.05, 0) is 13.0 Å². The smallest absolute Gasteiger partial charge is 0.255 e. The predicted molar refractivity (Wildman–Crippen MR) is 71.2 cm³/mol. The molecule has 0 saturated carbocycles. The van der Waals surface area contributed by atoms with E-state index in [1.165, 1.54) is 6.33 Å². The Morgan fingerprint density at radius 2 is 2.26 bits per heavy atom. The van der Waals surface area contributed by atoms with Crippen LogP contribution in [0.4, 0.5) is 5.82 Å². The van der Waals surface area contributed by atoms with E-state index >= 15 is 0 Å². The molecular weight excluding hydrogens is 266 g/mol. The molecule has 7 nitrogen and oxygen atoms in total. The Balaban J connectivity index is 1.83. The number of anilines is 1. The first-order valence-electron chi connectivity index (χ1n) is 5.83. The molecule has 0 aliphatic carbocycles. The number of fused-ring (bicyclic) bond motifs is 1. The molecule has 0 fully saturated rings. The molecule has 0 atom stereocenters. The number of rotatable bonds is 4. The summed E-state index contributed by atoms with van der Waals surface area (Å²) in [5, 5.41) is 12.0. The third-order valence-electron chi connectivity index (χ3n) is 2.80. The molecule has 0 unspecified atom stereocenters. The largest absolute Gasteiger partial charge is 0.368 e. The van der Waals surface area contributed by atoms with Crippen LogP contribution in [0.25, 0.3) is 5.78 Å². The summed E-state index contributed by atoms with van der Waals surface area (Å²) in [7, 11) is 0. The summed E-state index contributed by atoms with van der Waals surface area (Å²) in [6.07, 6.45) is 5.13. The van der Waals surface area contributed by atoms with E-state index in [2.05, 4.69) is 25.5 Å². The Morgan fingerprint density at radius 1 is 1.37 bits per heavy atom. The molecule has 0 aromatic carbocycles. The van der Waals surface area contributed by atoms with Gasteiger partial charge in [0.1, 0.15) is 17.3 Å². The Labute approximate surface area is 114 Å². The van der Waals surface area contributed by atoms with Crippen molar-refractivity contribution in [1.29, 1.82) is 0 Å². The minimum Gasteiger partial charge on any atom is -0.368 e. The van der Waals surface area contributed by atoms with Crippen LogP contribution in [0.2, 0.25) is 5.15 Å². The van der Waals surface area contributed by atoms with Gasteiger partial charge in [-0.25, -0.2) is 0 Å². The van der Waals surface area contributed by atoms with E-state index in [9.17, 15) is 0 Å². The number of nitrogens with one attached hydrogen (secondary N) is 1. The zero-order chi connectivity index (χ0) is 13.2. The van der Waals surface area contributed by atoms with Crippen LogP contribution < -0.4 is 5.32 Å². The molecule has 3 aromatic heterocycles. The van der Waals surface area contributed by atoms with Gasteiger partial charge in [0.05, 0.1) is 6.54 Å². The maximum Gasteiger partial charge on any atom is 0.255 e. The van der Waals surface area contributed by atoms with Gasteiger partial charge in [-0.15, -0.1) is 0 Å². The topological polar surface area (TPSA) is 72.9 Å². The van der Waals surface area contributed by atoms with Crippen molar-refractivity contribution in [3.63, 3.8) is 0 Å². The van der Waals surface area contributed by atoms with Crippen molar-refractivity contribution < 1.29 is 0 Å². The molecule has 1 N–H and O–H groups in total. The number of hydrogen-bond donors (Lipinski definition) is 1. The van der Waals surface area contributed by atoms with Gasteiger partial charge in [-0.2, -0.15) is 24.7 Å². The molecule has 3 rings (SSSR count). The lowest BCUT2D eigenvalue weighted by atomic mass is 10.3. The van der Waals surface area contributed by atoms with E-state index in [-0.39, 0.29) is 0 Å². The average Bonchev–Trinajstić information content (AvgIpc) is 3.04. The quantitative estimate of drug-likeness (QED) is 0.730. The van der Waals surface area contributed by atoms with Crippen LogP contribution in [0.5, 0.6) is 0 Å². The third-order valence-corrected chi connectivity index (χ3v) is 3.16. The zero-order valence-corrected chi connectivity index (χ0v) is 11.0. The number of hydrogen-bond acceptors (Lipinski definition) is 5. The van der Waals surface area contributed by atoms with E-state index in [4.69, 9.17) is 11.6 Å². The summed E-state index contributed by atoms with van der Waals surface area (Å²) in [5.74, 6) is 1.29. The van der Waals surface area contributed by atoms with Crippen molar-refractivity contribution in [3.8, 4) is 0 Å². The Kier molecular flexibility index (Phi) is 3.04. The Hall–Kier alpha value is -2.15. The molecule has 8 heteroatoms. The molecule has 0 saturated heterocycles. The molecule has 0 spiro atoms. The van der Waals surface area contributed by atoms with Crippen LogP contribution in [-0.2, 0) is 6.54 Å². The summed E-state index contributed by atoms with van der Waals surface area (Å²) < 4.78 is 3.49. The maximum atomic E-state index is 6.08. The minimum atomic E-state index is 0.432. The van der Waals surface area contributed by atoms with Gasteiger partial charge >= 0.3 is 0 Å². The fraction of sp³-hybridized carbons (Fsp3) is 0.273. The minimum absolute atomic E-state index is 0.432. The number of halogens is 1. The van der Waals surface area contributed by atoms with Crippen molar-refractivity contribution in [1.82, 2.24) is 29.4 Å². The van der Waals surface area contributed by atoms with Crippen LogP contribution in [0.15, 0.2) is 24.8 Å². The molecule has 0 radical (unpaired) electrons. The highest BCUT2D eigenvalue weighted by atomic mass is 35.5. The fourth-order valence-corrected chi connectivity index (χ4v) is 1.99. The Morgan fingerprint density at radius 3 is 3.05 bits per heavy atom. The summed E-state index contributed by atoms with van der Waals surface area (Å²) in [5.41, 5.74) is 0.847. The summed E-state index contributed by atoms with van der Waals surface area (Å²) in [6, 6.07) is 1.89. The van der Waals surface area contributed by atoms with Crippen LogP contribution in [-0.4, -0.2) is 35.9 Å². The van der Waals surface area contributed by atoms with Crippen LogP contribution in [0.1, 0.15) is 5.56 Å². The number of aromatic nitrogens is 6. The fourth-order valence-electron chi connectivity index (χ4n) is 1.83. The maximum absolute atomic E-state index is 6.08. The standard InChI is InChI=1S/C11H12ClN7/c1-8-9(12)17-11-14-7-16-19(11)10(8)13-4-6-18-5-2-3-15-18/h2-3,5,7,13H,4,6H2,1H3. The summed E-state index contributed by atoms with van der Waals surface area (Å²) >= 11 is 6.08. The highest BCUT2D eigenvalue weighted by Gasteiger charge is 2.11. The first-order valence-corrected chi connectivity index (χ1v) is 6.20. The summed E-state index contributed by atoms with van der Waals surface area (Å²) in [4.78, 5) is 8.19. The second-order valence-corrected chi connectivity index (χ2v) is 4.40. The lowest BCUT2D eigenvalue weighted by Crippen LogP contribution is -2.15. The average molecular weight is 278 g/mol. The molecule has 3 heterocycles. The van der Waals surface area contributed by atoms with E-state index in [1.54, 1.807) is 10.7 Å². The van der Waals surface area contributed by atoms with Crippen molar-refractivity contribution in [3.05, 3.63) is 35.5 Å². The summed E-state index contributed by atoms with van der Waals surface area (Å²) in [6.45, 7) is 3.35. The van der Waals surface area contributed by atoms with Crippen LogP contribution >= 0.6 is 11.6 Å². The van der Waals surface area contributed by atoms with E-state index in [0.717, 1.165) is 17.9 Å². The van der Waals surface area contributed by atoms with Gasteiger partial charge in [0.15, 0.2) is 0 Å². The molecule has 0 amide bonds. The SMILES string of the molecule is Cc1c(Cl)nc2ncnn2c1NCCn1cccn1. The van der Waals surface area contributed by atoms with Crippen LogP contribution in [0.3, 0.4) is 0 Å². The second-order valence-electron chi connectivity index (χ2n) is 4.04. The van der Waals surface area contributed by atoms with Gasteiger partial charge < -0.3 is 5.32 Å². The predicted octanol–water partition coefficient (Wildman–Crippen LogP) is 1.39. The zero-order valence-electron chi connectivity index (χ0n) is 10.3. The van der Waals surface area contributed by atoms with E-state index in [1.807, 2.05) is 23.9 Å². The van der Waals surface area contributed by atoms with E-state index < -0.39 is 0 Å². The van der Waals surface area contributed by atoms with Gasteiger partial charge in [0.25, 0.3) is 5.78 Å². The lowest BCUT2D eigenvalue weighted by Gasteiger charge is -2.11. The molecule has 0 bridgehead atoms. The van der Waals surface area contributed by atoms with Crippen molar-refractivity contribution in [2.75, 3.05) is 11.9 Å². The second kappa shape index (κ2) is 4.85. The monoisotopic (exact) mass is 277 g/mol. The van der Waals surface area contributed by atoms with Gasteiger partial charge in [0, 0.05) is 24.5 Å². The first kappa shape index (κ1) is 11.9. The highest BCUT2D eigenvalue weighted by molar-refractivity contribution is 6.30. The number of nitrogens with zero attached hydrogens (tertiary/aromatic N) is 6. The normalized spacial score (nSPS) is 11.1. The first-order chi connectivity index (χ1) is 9.25. The third kappa shape index (κ3) is 2.24. The van der Waals surface area contributed by atoms with Crippen molar-refractivity contribution in [2.45, 2.75) is 13.5 Å². The van der Waals surface area contributed by atoms with Crippen molar-refractivity contribution in [2.24, 2.45) is 0 Å². The molecule has 0 aliphatic heterocycles. The molecule has 98 valence electrons. The lowest BCUT2D eigenvalue weighted by molar-refractivity contribution is 0.635. The molecule has 3 aromatic rings. The van der Waals surface area contributed by atoms with Gasteiger partial charge in [0.2, 0.25) is 0 Å². The molecule has 19 heavy (non-hydrogen) atoms. The Bertz CT molecular complexity index is 688. The van der Waals surface area contributed by atoms with Gasteiger partial charge in [-0.1, -0.05) is 11.6 Å². The van der Waals surface area contributed by atoms with E-state index in [0.29, 0.717) is 17.5 Å². The van der Waals surface area contributed by atoms with Gasteiger partial charge in [-0.3, -0.25) is 4.68 Å². The van der Waals surface area contributed by atoms with Crippen molar-refractivity contribution >= 4 is 23.2 Å².